The van der Waals surface area contributed by atoms with E-state index in [1.54, 1.807) is 25.5 Å². The summed E-state index contributed by atoms with van der Waals surface area (Å²) in [6.07, 6.45) is 6.36. The van der Waals surface area contributed by atoms with Crippen molar-refractivity contribution in [1.29, 1.82) is 0 Å². The zero-order chi connectivity index (χ0) is 15.7. The second-order valence-electron chi connectivity index (χ2n) is 4.94. The van der Waals surface area contributed by atoms with Crippen LogP contribution in [-0.4, -0.2) is 35.8 Å². The number of rotatable bonds is 4. The highest BCUT2D eigenvalue weighted by atomic mass is 16.4. The number of fused-ring (bicyclic) bond motifs is 1. The molecule has 3 aromatic heterocycles. The average molecular weight is 298 g/mol. The standard InChI is InChI=1S/C14H14N6O2/c1-8(15)14-10-2-11(9-3-16-7-17-4-9)18-5-12(10)20(19-14)6-13(21)22/h2-5,7-8H,6,15H2,1H3,(H,21,22). The molecule has 8 nitrogen and oxygen atoms in total. The van der Waals surface area contributed by atoms with Gasteiger partial charge < -0.3 is 10.8 Å². The van der Waals surface area contributed by atoms with E-state index < -0.39 is 5.97 Å². The molecule has 0 aliphatic carbocycles. The summed E-state index contributed by atoms with van der Waals surface area (Å²) < 4.78 is 1.40. The summed E-state index contributed by atoms with van der Waals surface area (Å²) >= 11 is 0. The Labute approximate surface area is 125 Å². The highest BCUT2D eigenvalue weighted by Gasteiger charge is 2.16. The number of carbonyl (C=O) groups is 1. The quantitative estimate of drug-likeness (QED) is 0.737. The van der Waals surface area contributed by atoms with Crippen molar-refractivity contribution in [1.82, 2.24) is 24.7 Å². The van der Waals surface area contributed by atoms with E-state index in [9.17, 15) is 4.79 Å². The summed E-state index contributed by atoms with van der Waals surface area (Å²) in [5.41, 5.74) is 8.67. The molecule has 0 spiro atoms. The molecule has 0 radical (unpaired) electrons. The fourth-order valence-electron chi connectivity index (χ4n) is 2.27. The third-order valence-corrected chi connectivity index (χ3v) is 3.24. The van der Waals surface area contributed by atoms with Gasteiger partial charge in [-0.25, -0.2) is 9.97 Å². The Balaban J connectivity index is 2.18. The molecule has 22 heavy (non-hydrogen) atoms. The predicted octanol–water partition coefficient (Wildman–Crippen LogP) is 0.993. The lowest BCUT2D eigenvalue weighted by Crippen LogP contribution is -2.12. The molecule has 0 fully saturated rings. The van der Waals surface area contributed by atoms with E-state index in [1.165, 1.54) is 11.0 Å². The third-order valence-electron chi connectivity index (χ3n) is 3.24. The van der Waals surface area contributed by atoms with Crippen molar-refractivity contribution >= 4 is 16.9 Å². The minimum absolute atomic E-state index is 0.237. The van der Waals surface area contributed by atoms with Crippen LogP contribution in [0.2, 0.25) is 0 Å². The molecule has 0 saturated heterocycles. The zero-order valence-electron chi connectivity index (χ0n) is 11.8. The molecule has 0 bridgehead atoms. The lowest BCUT2D eigenvalue weighted by Gasteiger charge is -2.03. The number of pyridine rings is 1. The van der Waals surface area contributed by atoms with E-state index in [2.05, 4.69) is 20.1 Å². The highest BCUT2D eigenvalue weighted by molar-refractivity contribution is 5.86. The zero-order valence-corrected chi connectivity index (χ0v) is 11.8. The first-order valence-electron chi connectivity index (χ1n) is 6.65. The van der Waals surface area contributed by atoms with Crippen LogP contribution in [0.25, 0.3) is 22.2 Å². The summed E-state index contributed by atoms with van der Waals surface area (Å²) in [6, 6.07) is 1.51. The van der Waals surface area contributed by atoms with Crippen molar-refractivity contribution < 1.29 is 9.90 Å². The van der Waals surface area contributed by atoms with Gasteiger partial charge in [-0.15, -0.1) is 0 Å². The Morgan fingerprint density at radius 3 is 2.73 bits per heavy atom. The van der Waals surface area contributed by atoms with Crippen molar-refractivity contribution in [3.63, 3.8) is 0 Å². The number of carboxylic acids is 1. The predicted molar refractivity (Wildman–Crippen MR) is 78.8 cm³/mol. The SMILES string of the molecule is CC(N)c1nn(CC(=O)O)c2cnc(-c3cncnc3)cc12. The summed E-state index contributed by atoms with van der Waals surface area (Å²) in [6.45, 7) is 1.57. The van der Waals surface area contributed by atoms with Gasteiger partial charge in [0.1, 0.15) is 12.9 Å². The van der Waals surface area contributed by atoms with Gasteiger partial charge in [-0.05, 0) is 13.0 Å². The second-order valence-corrected chi connectivity index (χ2v) is 4.94. The summed E-state index contributed by atoms with van der Waals surface area (Å²) in [5.74, 6) is -0.971. The molecule has 0 aliphatic rings. The lowest BCUT2D eigenvalue weighted by atomic mass is 10.1. The van der Waals surface area contributed by atoms with E-state index in [0.29, 0.717) is 16.9 Å². The Bertz CT molecular complexity index is 828. The van der Waals surface area contributed by atoms with Gasteiger partial charge in [0.15, 0.2) is 0 Å². The van der Waals surface area contributed by atoms with Gasteiger partial charge in [-0.3, -0.25) is 14.5 Å². The molecule has 3 N–H and O–H groups in total. The lowest BCUT2D eigenvalue weighted by molar-refractivity contribution is -0.137. The van der Waals surface area contributed by atoms with Crippen molar-refractivity contribution in [2.45, 2.75) is 19.5 Å². The molecule has 0 amide bonds. The van der Waals surface area contributed by atoms with Gasteiger partial charge in [0.2, 0.25) is 0 Å². The molecule has 1 unspecified atom stereocenters. The van der Waals surface area contributed by atoms with Crippen LogP contribution in [0.15, 0.2) is 31.0 Å². The van der Waals surface area contributed by atoms with Crippen LogP contribution in [0.5, 0.6) is 0 Å². The number of carboxylic acid groups (broad SMARTS) is 1. The molecular weight excluding hydrogens is 284 g/mol. The van der Waals surface area contributed by atoms with Crippen LogP contribution in [0.1, 0.15) is 18.7 Å². The van der Waals surface area contributed by atoms with E-state index in [0.717, 1.165) is 10.9 Å². The fraction of sp³-hybridized carbons (Fsp3) is 0.214. The maximum Gasteiger partial charge on any atom is 0.325 e. The van der Waals surface area contributed by atoms with Crippen LogP contribution in [0.4, 0.5) is 0 Å². The molecule has 8 heteroatoms. The van der Waals surface area contributed by atoms with Gasteiger partial charge >= 0.3 is 5.97 Å². The molecule has 112 valence electrons. The van der Waals surface area contributed by atoms with Crippen molar-refractivity contribution in [2.75, 3.05) is 0 Å². The van der Waals surface area contributed by atoms with E-state index in [4.69, 9.17) is 10.8 Å². The number of hydrogen-bond acceptors (Lipinski definition) is 6. The highest BCUT2D eigenvalue weighted by Crippen LogP contribution is 2.26. The minimum Gasteiger partial charge on any atom is -0.480 e. The fourth-order valence-corrected chi connectivity index (χ4v) is 2.27. The Kier molecular flexibility index (Phi) is 3.51. The smallest absolute Gasteiger partial charge is 0.325 e. The van der Waals surface area contributed by atoms with Crippen LogP contribution >= 0.6 is 0 Å². The monoisotopic (exact) mass is 298 g/mol. The molecule has 0 aliphatic heterocycles. The largest absolute Gasteiger partial charge is 0.480 e. The maximum absolute atomic E-state index is 11.0. The summed E-state index contributed by atoms with van der Waals surface area (Å²) in [5, 5.41) is 14.1. The van der Waals surface area contributed by atoms with Gasteiger partial charge in [-0.1, -0.05) is 0 Å². The van der Waals surface area contributed by atoms with Gasteiger partial charge in [-0.2, -0.15) is 5.10 Å². The molecule has 0 aromatic carbocycles. The molecule has 0 saturated carbocycles. The summed E-state index contributed by atoms with van der Waals surface area (Å²) in [4.78, 5) is 23.2. The number of nitrogens with two attached hydrogens (primary N) is 1. The van der Waals surface area contributed by atoms with E-state index in [-0.39, 0.29) is 12.6 Å². The molecule has 1 atom stereocenters. The first kappa shape index (κ1) is 14.1. The Morgan fingerprint density at radius 2 is 2.09 bits per heavy atom. The van der Waals surface area contributed by atoms with Gasteiger partial charge in [0, 0.05) is 29.4 Å². The van der Waals surface area contributed by atoms with Crippen LogP contribution in [0.3, 0.4) is 0 Å². The molecule has 3 aromatic rings. The number of hydrogen-bond donors (Lipinski definition) is 2. The van der Waals surface area contributed by atoms with E-state index >= 15 is 0 Å². The topological polar surface area (TPSA) is 120 Å². The average Bonchev–Trinajstić information content (AvgIpc) is 2.86. The molecule has 3 heterocycles. The normalized spacial score (nSPS) is 12.5. The van der Waals surface area contributed by atoms with Crippen molar-refractivity contribution in [3.05, 3.63) is 36.7 Å². The first-order chi connectivity index (χ1) is 10.6. The minimum atomic E-state index is -0.971. The van der Waals surface area contributed by atoms with Crippen LogP contribution in [-0.2, 0) is 11.3 Å². The first-order valence-corrected chi connectivity index (χ1v) is 6.65. The van der Waals surface area contributed by atoms with Crippen LogP contribution < -0.4 is 5.73 Å². The third kappa shape index (κ3) is 2.51. The van der Waals surface area contributed by atoms with Crippen LogP contribution in [0, 0.1) is 0 Å². The number of aromatic nitrogens is 5. The maximum atomic E-state index is 11.0. The molecule has 3 rings (SSSR count). The van der Waals surface area contributed by atoms with E-state index in [1.807, 2.05) is 6.07 Å². The number of aliphatic carboxylic acids is 1. The number of nitrogens with zero attached hydrogens (tertiary/aromatic N) is 5. The summed E-state index contributed by atoms with van der Waals surface area (Å²) in [7, 11) is 0. The van der Waals surface area contributed by atoms with Crippen molar-refractivity contribution in [3.8, 4) is 11.3 Å². The molecular formula is C14H14N6O2. The Hall–Kier alpha value is -2.87. The van der Waals surface area contributed by atoms with Gasteiger partial charge in [0.25, 0.3) is 0 Å². The van der Waals surface area contributed by atoms with Crippen molar-refractivity contribution in [2.24, 2.45) is 5.73 Å². The van der Waals surface area contributed by atoms with Gasteiger partial charge in [0.05, 0.1) is 23.1 Å². The second kappa shape index (κ2) is 5.49. The Morgan fingerprint density at radius 1 is 1.36 bits per heavy atom.